The first-order valence-corrected chi connectivity index (χ1v) is 4.86. The Morgan fingerprint density at radius 3 is 2.56 bits per heavy atom. The van der Waals surface area contributed by atoms with E-state index in [9.17, 15) is 5.11 Å². The van der Waals surface area contributed by atoms with Crippen molar-refractivity contribution in [3.8, 4) is 5.75 Å². The molecule has 0 atom stereocenters. The molecule has 16 heavy (non-hydrogen) atoms. The molecule has 0 bridgehead atoms. The standard InChI is InChI=1S/C12H13N3O/c13-8-4-5-11(14)12(6-8)15-9-2-1-3-10(16)7-9/h1-7,15-16H,13-14H2. The molecule has 82 valence electrons. The summed E-state index contributed by atoms with van der Waals surface area (Å²) in [7, 11) is 0. The summed E-state index contributed by atoms with van der Waals surface area (Å²) in [5.41, 5.74) is 14.2. The van der Waals surface area contributed by atoms with E-state index in [1.165, 1.54) is 0 Å². The lowest BCUT2D eigenvalue weighted by Crippen LogP contribution is -1.97. The van der Waals surface area contributed by atoms with Crippen LogP contribution in [0, 0.1) is 0 Å². The Labute approximate surface area is 93.5 Å². The monoisotopic (exact) mass is 215 g/mol. The van der Waals surface area contributed by atoms with E-state index >= 15 is 0 Å². The SMILES string of the molecule is Nc1ccc(N)c(Nc2cccc(O)c2)c1. The van der Waals surface area contributed by atoms with Crippen molar-refractivity contribution in [2.75, 3.05) is 16.8 Å². The zero-order valence-corrected chi connectivity index (χ0v) is 8.64. The van der Waals surface area contributed by atoms with Gasteiger partial charge in [-0.25, -0.2) is 0 Å². The highest BCUT2D eigenvalue weighted by molar-refractivity contribution is 5.76. The van der Waals surface area contributed by atoms with Crippen molar-refractivity contribution in [2.45, 2.75) is 0 Å². The average Bonchev–Trinajstić information content (AvgIpc) is 2.24. The third-order valence-electron chi connectivity index (χ3n) is 2.20. The van der Waals surface area contributed by atoms with Crippen LogP contribution in [0.4, 0.5) is 22.7 Å². The Balaban J connectivity index is 2.30. The van der Waals surface area contributed by atoms with Crippen molar-refractivity contribution in [3.05, 3.63) is 42.5 Å². The van der Waals surface area contributed by atoms with Gasteiger partial charge in [-0.05, 0) is 30.3 Å². The highest BCUT2D eigenvalue weighted by Gasteiger charge is 2.00. The number of phenolic OH excluding ortho intramolecular Hbond substituents is 1. The first-order valence-electron chi connectivity index (χ1n) is 4.86. The van der Waals surface area contributed by atoms with E-state index in [4.69, 9.17) is 11.5 Å². The molecule has 0 radical (unpaired) electrons. The van der Waals surface area contributed by atoms with Crippen molar-refractivity contribution in [3.63, 3.8) is 0 Å². The molecule has 2 rings (SSSR count). The second-order valence-electron chi connectivity index (χ2n) is 3.52. The van der Waals surface area contributed by atoms with Crippen LogP contribution in [-0.4, -0.2) is 5.11 Å². The van der Waals surface area contributed by atoms with E-state index in [0.717, 1.165) is 11.4 Å². The summed E-state index contributed by atoms with van der Waals surface area (Å²) in [6.07, 6.45) is 0. The van der Waals surface area contributed by atoms with Gasteiger partial charge in [0.1, 0.15) is 5.75 Å². The van der Waals surface area contributed by atoms with Crippen LogP contribution in [0.25, 0.3) is 0 Å². The van der Waals surface area contributed by atoms with Gasteiger partial charge in [0.15, 0.2) is 0 Å². The molecule has 0 aromatic heterocycles. The molecular weight excluding hydrogens is 202 g/mol. The maximum Gasteiger partial charge on any atom is 0.117 e. The number of nitrogen functional groups attached to an aromatic ring is 2. The first-order chi connectivity index (χ1) is 7.65. The normalized spacial score (nSPS) is 10.0. The van der Waals surface area contributed by atoms with Gasteiger partial charge in [-0.3, -0.25) is 0 Å². The van der Waals surface area contributed by atoms with Gasteiger partial charge in [-0.15, -0.1) is 0 Å². The Hall–Kier alpha value is -2.36. The zero-order valence-electron chi connectivity index (χ0n) is 8.64. The molecule has 0 unspecified atom stereocenters. The number of nitrogens with two attached hydrogens (primary N) is 2. The van der Waals surface area contributed by atoms with E-state index in [0.29, 0.717) is 11.4 Å². The van der Waals surface area contributed by atoms with E-state index in [-0.39, 0.29) is 5.75 Å². The predicted molar refractivity (Wildman–Crippen MR) is 66.7 cm³/mol. The Bertz CT molecular complexity index is 511. The smallest absolute Gasteiger partial charge is 0.117 e. The van der Waals surface area contributed by atoms with Crippen LogP contribution < -0.4 is 16.8 Å². The van der Waals surface area contributed by atoms with Crippen molar-refractivity contribution in [2.24, 2.45) is 0 Å². The van der Waals surface area contributed by atoms with Gasteiger partial charge in [0, 0.05) is 17.4 Å². The number of aromatic hydroxyl groups is 1. The molecule has 2 aromatic carbocycles. The molecule has 6 N–H and O–H groups in total. The first kappa shape index (κ1) is 10.2. The highest BCUT2D eigenvalue weighted by Crippen LogP contribution is 2.26. The molecule has 0 heterocycles. The quantitative estimate of drug-likeness (QED) is 0.579. The maximum absolute atomic E-state index is 9.32. The molecule has 0 aliphatic carbocycles. The number of benzene rings is 2. The summed E-state index contributed by atoms with van der Waals surface area (Å²) in [6.45, 7) is 0. The third kappa shape index (κ3) is 2.17. The molecule has 0 amide bonds. The van der Waals surface area contributed by atoms with Crippen molar-refractivity contribution >= 4 is 22.7 Å². The summed E-state index contributed by atoms with van der Waals surface area (Å²) in [5.74, 6) is 0.201. The Morgan fingerprint density at radius 1 is 1.00 bits per heavy atom. The van der Waals surface area contributed by atoms with Crippen LogP contribution in [0.5, 0.6) is 5.75 Å². The summed E-state index contributed by atoms with van der Waals surface area (Å²) in [6, 6.07) is 12.0. The van der Waals surface area contributed by atoms with Gasteiger partial charge >= 0.3 is 0 Å². The van der Waals surface area contributed by atoms with Crippen LogP contribution in [0.15, 0.2) is 42.5 Å². The number of anilines is 4. The molecule has 0 saturated carbocycles. The van der Waals surface area contributed by atoms with Gasteiger partial charge in [0.2, 0.25) is 0 Å². The van der Waals surface area contributed by atoms with Crippen LogP contribution >= 0.6 is 0 Å². The van der Waals surface area contributed by atoms with Gasteiger partial charge in [-0.2, -0.15) is 0 Å². The maximum atomic E-state index is 9.32. The molecule has 0 saturated heterocycles. The Kier molecular flexibility index (Phi) is 2.55. The number of phenols is 1. The van der Waals surface area contributed by atoms with Crippen LogP contribution in [0.1, 0.15) is 0 Å². The molecule has 2 aromatic rings. The molecule has 0 fully saturated rings. The minimum Gasteiger partial charge on any atom is -0.508 e. The lowest BCUT2D eigenvalue weighted by Gasteiger charge is -2.10. The van der Waals surface area contributed by atoms with Crippen molar-refractivity contribution < 1.29 is 5.11 Å². The van der Waals surface area contributed by atoms with Gasteiger partial charge in [0.05, 0.1) is 11.4 Å². The highest BCUT2D eigenvalue weighted by atomic mass is 16.3. The minimum atomic E-state index is 0.201. The largest absolute Gasteiger partial charge is 0.508 e. The number of hydrogen-bond donors (Lipinski definition) is 4. The van der Waals surface area contributed by atoms with E-state index < -0.39 is 0 Å². The Morgan fingerprint density at radius 2 is 1.81 bits per heavy atom. The van der Waals surface area contributed by atoms with Crippen molar-refractivity contribution in [1.29, 1.82) is 0 Å². The summed E-state index contributed by atoms with van der Waals surface area (Å²) < 4.78 is 0. The van der Waals surface area contributed by atoms with Crippen LogP contribution in [0.2, 0.25) is 0 Å². The fraction of sp³-hybridized carbons (Fsp3) is 0. The third-order valence-corrected chi connectivity index (χ3v) is 2.20. The van der Waals surface area contributed by atoms with Crippen LogP contribution in [-0.2, 0) is 0 Å². The zero-order chi connectivity index (χ0) is 11.5. The summed E-state index contributed by atoms with van der Waals surface area (Å²) in [5, 5.41) is 12.4. The molecule has 0 aliphatic rings. The topological polar surface area (TPSA) is 84.3 Å². The molecule has 0 spiro atoms. The van der Waals surface area contributed by atoms with Gasteiger partial charge in [-0.1, -0.05) is 6.07 Å². The summed E-state index contributed by atoms with van der Waals surface area (Å²) in [4.78, 5) is 0. The van der Waals surface area contributed by atoms with Gasteiger partial charge in [0.25, 0.3) is 0 Å². The molecule has 0 aliphatic heterocycles. The predicted octanol–water partition coefficient (Wildman–Crippen LogP) is 2.30. The number of hydrogen-bond acceptors (Lipinski definition) is 4. The molecule has 4 nitrogen and oxygen atoms in total. The lowest BCUT2D eigenvalue weighted by molar-refractivity contribution is 0.475. The lowest BCUT2D eigenvalue weighted by atomic mass is 10.2. The average molecular weight is 215 g/mol. The second kappa shape index (κ2) is 4.02. The minimum absolute atomic E-state index is 0.201. The fourth-order valence-corrected chi connectivity index (χ4v) is 1.42. The molecular formula is C12H13N3O. The van der Waals surface area contributed by atoms with E-state index in [1.54, 1.807) is 36.4 Å². The number of rotatable bonds is 2. The fourth-order valence-electron chi connectivity index (χ4n) is 1.42. The van der Waals surface area contributed by atoms with E-state index in [1.807, 2.05) is 6.07 Å². The van der Waals surface area contributed by atoms with Crippen molar-refractivity contribution in [1.82, 2.24) is 0 Å². The summed E-state index contributed by atoms with van der Waals surface area (Å²) >= 11 is 0. The second-order valence-corrected chi connectivity index (χ2v) is 3.52. The van der Waals surface area contributed by atoms with Gasteiger partial charge < -0.3 is 21.9 Å². The van der Waals surface area contributed by atoms with Crippen LogP contribution in [0.3, 0.4) is 0 Å². The number of nitrogens with one attached hydrogen (secondary N) is 1. The van der Waals surface area contributed by atoms with E-state index in [2.05, 4.69) is 5.32 Å². The molecule has 4 heteroatoms.